The van der Waals surface area contributed by atoms with Crippen molar-refractivity contribution in [3.8, 4) is 0 Å². The number of hydrogen-bond donors (Lipinski definition) is 1. The highest BCUT2D eigenvalue weighted by Gasteiger charge is 2.19. The number of aliphatic hydroxyl groups excluding tert-OH is 1. The molecule has 0 rings (SSSR count). The Balaban J connectivity index is 3.83. The molecule has 0 saturated carbocycles. The van der Waals surface area contributed by atoms with Gasteiger partial charge in [0.05, 0.1) is 6.61 Å². The van der Waals surface area contributed by atoms with Gasteiger partial charge in [-0.3, -0.25) is 0 Å². The zero-order chi connectivity index (χ0) is 9.78. The van der Waals surface area contributed by atoms with Crippen LogP contribution in [-0.2, 0) is 0 Å². The third-order valence-corrected chi connectivity index (χ3v) is 2.84. The summed E-state index contributed by atoms with van der Waals surface area (Å²) in [6.07, 6.45) is 1.11. The van der Waals surface area contributed by atoms with Gasteiger partial charge in [-0.25, -0.2) is 0 Å². The van der Waals surface area contributed by atoms with E-state index in [4.69, 9.17) is 5.11 Å². The molecule has 0 aromatic carbocycles. The lowest BCUT2D eigenvalue weighted by atomic mass is 10.1. The quantitative estimate of drug-likeness (QED) is 0.735. The molecule has 0 unspecified atom stereocenters. The largest absolute Gasteiger partial charge is 0.395 e. The average molecular weight is 190 g/mol. The molecule has 2 heteroatoms. The van der Waals surface area contributed by atoms with E-state index in [1.54, 1.807) is 0 Å². The summed E-state index contributed by atoms with van der Waals surface area (Å²) in [7, 11) is 0. The van der Waals surface area contributed by atoms with Crippen molar-refractivity contribution in [1.29, 1.82) is 0 Å². The Morgan fingerprint density at radius 3 is 2.00 bits per heavy atom. The fraction of sp³-hybridized carbons (Fsp3) is 1.00. The predicted molar refractivity (Wildman–Crippen MR) is 57.7 cm³/mol. The van der Waals surface area contributed by atoms with Gasteiger partial charge in [-0.2, -0.15) is 11.8 Å². The molecule has 0 heterocycles. The van der Waals surface area contributed by atoms with Crippen LogP contribution in [0.2, 0.25) is 0 Å². The normalized spacial score (nSPS) is 15.2. The second-order valence-corrected chi connectivity index (χ2v) is 6.79. The first-order chi connectivity index (χ1) is 5.35. The van der Waals surface area contributed by atoms with Crippen molar-refractivity contribution < 1.29 is 5.11 Å². The summed E-state index contributed by atoms with van der Waals surface area (Å²) in [5, 5.41) is 9.52. The second-order valence-electron chi connectivity index (χ2n) is 4.66. The van der Waals surface area contributed by atoms with E-state index in [1.807, 2.05) is 11.8 Å². The smallest absolute Gasteiger partial charge is 0.0550 e. The molecule has 0 amide bonds. The van der Waals surface area contributed by atoms with Crippen molar-refractivity contribution in [2.45, 2.75) is 51.0 Å². The monoisotopic (exact) mass is 190 g/mol. The van der Waals surface area contributed by atoms with E-state index < -0.39 is 0 Å². The molecule has 0 saturated heterocycles. The van der Waals surface area contributed by atoms with Crippen LogP contribution >= 0.6 is 11.8 Å². The molecule has 0 aliphatic carbocycles. The maximum atomic E-state index is 9.12. The standard InChI is InChI=1S/C10H22OS/c1-8(2)6-9(7-11)12-10(3,4)5/h8-9,11H,6-7H2,1-5H3/t9-/m1/s1. The third-order valence-electron chi connectivity index (χ3n) is 1.46. The second kappa shape index (κ2) is 5.13. The Bertz CT molecular complexity index is 115. The van der Waals surface area contributed by atoms with Crippen molar-refractivity contribution in [2.24, 2.45) is 5.92 Å². The minimum absolute atomic E-state index is 0.266. The first kappa shape index (κ1) is 12.3. The Kier molecular flexibility index (Phi) is 5.26. The van der Waals surface area contributed by atoms with Crippen LogP contribution in [0.4, 0.5) is 0 Å². The zero-order valence-electron chi connectivity index (χ0n) is 8.92. The number of hydrogen-bond acceptors (Lipinski definition) is 2. The Morgan fingerprint density at radius 1 is 1.25 bits per heavy atom. The van der Waals surface area contributed by atoms with E-state index in [2.05, 4.69) is 34.6 Å². The molecule has 0 spiro atoms. The summed E-state index contributed by atoms with van der Waals surface area (Å²) in [5.41, 5.74) is 0. The Hall–Kier alpha value is 0.310. The Labute approximate surface area is 80.9 Å². The zero-order valence-corrected chi connectivity index (χ0v) is 9.74. The molecule has 0 radical (unpaired) electrons. The molecule has 0 aliphatic rings. The van der Waals surface area contributed by atoms with Crippen LogP contribution in [0.3, 0.4) is 0 Å². The van der Waals surface area contributed by atoms with Crippen molar-refractivity contribution in [1.82, 2.24) is 0 Å². The summed E-state index contributed by atoms with van der Waals surface area (Å²) in [4.78, 5) is 0. The maximum absolute atomic E-state index is 9.12. The number of aliphatic hydroxyl groups is 1. The van der Waals surface area contributed by atoms with Crippen molar-refractivity contribution in [3.05, 3.63) is 0 Å². The van der Waals surface area contributed by atoms with E-state index in [9.17, 15) is 0 Å². The topological polar surface area (TPSA) is 20.2 Å². The lowest BCUT2D eigenvalue weighted by Gasteiger charge is -2.25. The number of thioether (sulfide) groups is 1. The van der Waals surface area contributed by atoms with E-state index in [0.717, 1.165) is 6.42 Å². The fourth-order valence-electron chi connectivity index (χ4n) is 1.19. The van der Waals surface area contributed by atoms with Gasteiger partial charge in [0.25, 0.3) is 0 Å². The van der Waals surface area contributed by atoms with Gasteiger partial charge in [0.1, 0.15) is 0 Å². The molecular weight excluding hydrogens is 168 g/mol. The molecule has 12 heavy (non-hydrogen) atoms. The Morgan fingerprint density at radius 2 is 1.75 bits per heavy atom. The molecular formula is C10H22OS. The molecule has 1 nitrogen and oxygen atoms in total. The van der Waals surface area contributed by atoms with Crippen LogP contribution < -0.4 is 0 Å². The average Bonchev–Trinajstić information content (AvgIpc) is 1.82. The van der Waals surface area contributed by atoms with Crippen molar-refractivity contribution >= 4 is 11.8 Å². The minimum Gasteiger partial charge on any atom is -0.395 e. The van der Waals surface area contributed by atoms with Gasteiger partial charge in [-0.15, -0.1) is 0 Å². The SMILES string of the molecule is CC(C)C[C@H](CO)SC(C)(C)C. The summed E-state index contributed by atoms with van der Waals surface area (Å²) in [6.45, 7) is 11.3. The fourth-order valence-corrected chi connectivity index (χ4v) is 2.74. The molecule has 0 aromatic heterocycles. The lowest BCUT2D eigenvalue weighted by Crippen LogP contribution is -2.20. The molecule has 74 valence electrons. The van der Waals surface area contributed by atoms with Gasteiger partial charge in [0.15, 0.2) is 0 Å². The first-order valence-corrected chi connectivity index (χ1v) is 5.52. The molecule has 0 fully saturated rings. The lowest BCUT2D eigenvalue weighted by molar-refractivity contribution is 0.282. The van der Waals surface area contributed by atoms with Crippen LogP contribution in [0.25, 0.3) is 0 Å². The summed E-state index contributed by atoms with van der Waals surface area (Å²) < 4.78 is 0.266. The van der Waals surface area contributed by atoms with E-state index in [-0.39, 0.29) is 4.75 Å². The van der Waals surface area contributed by atoms with Gasteiger partial charge in [0.2, 0.25) is 0 Å². The molecule has 1 N–H and O–H groups in total. The van der Waals surface area contributed by atoms with Crippen LogP contribution in [-0.4, -0.2) is 21.7 Å². The molecule has 0 aliphatic heterocycles. The minimum atomic E-state index is 0.266. The van der Waals surface area contributed by atoms with Crippen LogP contribution in [0.1, 0.15) is 41.0 Å². The van der Waals surface area contributed by atoms with Crippen LogP contribution in [0, 0.1) is 5.92 Å². The summed E-state index contributed by atoms with van der Waals surface area (Å²) in [5.74, 6) is 0.678. The van der Waals surface area contributed by atoms with Crippen molar-refractivity contribution in [3.63, 3.8) is 0 Å². The van der Waals surface area contributed by atoms with Crippen molar-refractivity contribution in [2.75, 3.05) is 6.61 Å². The third kappa shape index (κ3) is 6.99. The van der Waals surface area contributed by atoms with Crippen LogP contribution in [0.15, 0.2) is 0 Å². The molecule has 1 atom stereocenters. The van der Waals surface area contributed by atoms with Gasteiger partial charge in [-0.1, -0.05) is 34.6 Å². The molecule has 0 bridgehead atoms. The van der Waals surface area contributed by atoms with Crippen LogP contribution in [0.5, 0.6) is 0 Å². The van der Waals surface area contributed by atoms with Gasteiger partial charge in [0, 0.05) is 10.00 Å². The first-order valence-electron chi connectivity index (χ1n) is 4.64. The maximum Gasteiger partial charge on any atom is 0.0550 e. The summed E-state index contributed by atoms with van der Waals surface area (Å²) >= 11 is 1.88. The molecule has 0 aromatic rings. The van der Waals surface area contributed by atoms with E-state index in [1.165, 1.54) is 0 Å². The number of rotatable bonds is 4. The van der Waals surface area contributed by atoms with E-state index >= 15 is 0 Å². The highest BCUT2D eigenvalue weighted by Crippen LogP contribution is 2.31. The van der Waals surface area contributed by atoms with Gasteiger partial charge < -0.3 is 5.11 Å². The summed E-state index contributed by atoms with van der Waals surface area (Å²) in [6, 6.07) is 0. The van der Waals surface area contributed by atoms with E-state index in [0.29, 0.717) is 17.8 Å². The predicted octanol–water partition coefficient (Wildman–Crippen LogP) is 2.93. The van der Waals surface area contributed by atoms with Gasteiger partial charge >= 0.3 is 0 Å². The highest BCUT2D eigenvalue weighted by atomic mass is 32.2. The highest BCUT2D eigenvalue weighted by molar-refractivity contribution is 8.01. The van der Waals surface area contributed by atoms with Gasteiger partial charge in [-0.05, 0) is 12.3 Å².